The highest BCUT2D eigenvalue weighted by Gasteiger charge is 2.28. The predicted octanol–water partition coefficient (Wildman–Crippen LogP) is 2.38. The largest absolute Gasteiger partial charge is 0.366 e. The molecule has 0 spiro atoms. The van der Waals surface area contributed by atoms with E-state index in [1.165, 1.54) is 6.33 Å². The van der Waals surface area contributed by atoms with Gasteiger partial charge in [0.2, 0.25) is 0 Å². The number of hydrogen-bond donors (Lipinski definition) is 1. The van der Waals surface area contributed by atoms with Crippen LogP contribution in [0.25, 0.3) is 16.7 Å². The number of nitrogens with one attached hydrogen (secondary N) is 1. The Kier molecular flexibility index (Phi) is 3.88. The smallest absolute Gasteiger partial charge is 0.168 e. The van der Waals surface area contributed by atoms with Crippen LogP contribution in [0.3, 0.4) is 0 Å². The van der Waals surface area contributed by atoms with Crippen LogP contribution in [0.1, 0.15) is 12.0 Å². The molecule has 0 saturated carbocycles. The summed E-state index contributed by atoms with van der Waals surface area (Å²) in [5.74, 6) is 0.912. The van der Waals surface area contributed by atoms with Crippen molar-refractivity contribution in [2.75, 3.05) is 16.8 Å². The number of anilines is 1. The van der Waals surface area contributed by atoms with Gasteiger partial charge in [-0.25, -0.2) is 23.1 Å². The zero-order chi connectivity index (χ0) is 17.6. The lowest BCUT2D eigenvalue weighted by Crippen LogP contribution is -2.21. The van der Waals surface area contributed by atoms with Gasteiger partial charge in [-0.3, -0.25) is 0 Å². The number of nitrogens with zero attached hydrogens (tertiary/aromatic N) is 4. The van der Waals surface area contributed by atoms with E-state index < -0.39 is 9.84 Å². The average Bonchev–Trinajstić information content (AvgIpc) is 3.14. The van der Waals surface area contributed by atoms with Crippen molar-refractivity contribution in [3.05, 3.63) is 41.3 Å². The maximum Gasteiger partial charge on any atom is 0.168 e. The van der Waals surface area contributed by atoms with Crippen LogP contribution in [0.5, 0.6) is 0 Å². The fourth-order valence-electron chi connectivity index (χ4n) is 3.02. The lowest BCUT2D eigenvalue weighted by molar-refractivity contribution is 0.602. The molecule has 0 amide bonds. The van der Waals surface area contributed by atoms with Gasteiger partial charge in [0.15, 0.2) is 15.5 Å². The maximum atomic E-state index is 11.6. The standard InChI is InChI=1S/C16H16ClN5O2S/c1-10-2-3-13(17)14(6-10)22-16-12(7-20-22)15(18-9-19-16)21-11-4-5-25(23,24)8-11/h2-3,6-7,9,11H,4-5,8H2,1H3,(H,18,19,21). The van der Waals surface area contributed by atoms with Gasteiger partial charge in [-0.1, -0.05) is 17.7 Å². The van der Waals surface area contributed by atoms with E-state index in [0.717, 1.165) is 16.6 Å². The van der Waals surface area contributed by atoms with Gasteiger partial charge in [-0.15, -0.1) is 0 Å². The van der Waals surface area contributed by atoms with E-state index in [9.17, 15) is 8.42 Å². The summed E-state index contributed by atoms with van der Waals surface area (Å²) in [6.45, 7) is 1.98. The molecule has 3 heterocycles. The van der Waals surface area contributed by atoms with Gasteiger partial charge in [0.25, 0.3) is 0 Å². The van der Waals surface area contributed by atoms with E-state index in [2.05, 4.69) is 20.4 Å². The molecule has 1 aliphatic rings. The summed E-state index contributed by atoms with van der Waals surface area (Å²) >= 11 is 6.31. The number of hydrogen-bond acceptors (Lipinski definition) is 6. The second-order valence-corrected chi connectivity index (χ2v) is 8.85. The molecule has 1 aliphatic heterocycles. The Labute approximate surface area is 150 Å². The number of rotatable bonds is 3. The van der Waals surface area contributed by atoms with Crippen molar-refractivity contribution >= 4 is 38.3 Å². The minimum Gasteiger partial charge on any atom is -0.366 e. The van der Waals surface area contributed by atoms with Gasteiger partial charge in [-0.2, -0.15) is 5.10 Å². The van der Waals surface area contributed by atoms with Crippen LogP contribution in [0.4, 0.5) is 5.82 Å². The first-order valence-corrected chi connectivity index (χ1v) is 10.0. The summed E-state index contributed by atoms with van der Waals surface area (Å²) in [4.78, 5) is 8.59. The van der Waals surface area contributed by atoms with Crippen molar-refractivity contribution in [2.24, 2.45) is 0 Å². The summed E-state index contributed by atoms with van der Waals surface area (Å²) in [5, 5.41) is 8.92. The molecule has 4 rings (SSSR count). The van der Waals surface area contributed by atoms with E-state index in [4.69, 9.17) is 11.6 Å². The second kappa shape index (κ2) is 5.96. The minimum absolute atomic E-state index is 0.121. The van der Waals surface area contributed by atoms with Gasteiger partial charge in [0.05, 0.1) is 33.8 Å². The minimum atomic E-state index is -2.96. The molecule has 0 radical (unpaired) electrons. The van der Waals surface area contributed by atoms with E-state index in [0.29, 0.717) is 22.9 Å². The average molecular weight is 378 g/mol. The van der Waals surface area contributed by atoms with E-state index in [1.54, 1.807) is 10.9 Å². The summed E-state index contributed by atoms with van der Waals surface area (Å²) in [5.41, 5.74) is 2.42. The highest BCUT2D eigenvalue weighted by Crippen LogP contribution is 2.27. The molecule has 25 heavy (non-hydrogen) atoms. The zero-order valence-corrected chi connectivity index (χ0v) is 15.0. The molecule has 1 aromatic carbocycles. The van der Waals surface area contributed by atoms with Crippen LogP contribution in [0.15, 0.2) is 30.7 Å². The number of aromatic nitrogens is 4. The number of sulfone groups is 1. The van der Waals surface area contributed by atoms with Crippen LogP contribution in [0, 0.1) is 6.92 Å². The SMILES string of the molecule is Cc1ccc(Cl)c(-n2ncc3c(NC4CCS(=O)(=O)C4)ncnc32)c1. The van der Waals surface area contributed by atoms with Gasteiger partial charge in [-0.05, 0) is 31.0 Å². The molecule has 1 saturated heterocycles. The molecule has 7 nitrogen and oxygen atoms in total. The lowest BCUT2D eigenvalue weighted by atomic mass is 10.2. The third-order valence-electron chi connectivity index (χ3n) is 4.27. The van der Waals surface area contributed by atoms with E-state index in [1.807, 2.05) is 25.1 Å². The van der Waals surface area contributed by atoms with Crippen molar-refractivity contribution in [1.29, 1.82) is 0 Å². The predicted molar refractivity (Wildman–Crippen MR) is 97.1 cm³/mol. The molecule has 1 unspecified atom stereocenters. The highest BCUT2D eigenvalue weighted by atomic mass is 35.5. The van der Waals surface area contributed by atoms with E-state index >= 15 is 0 Å². The molecule has 1 N–H and O–H groups in total. The van der Waals surface area contributed by atoms with Gasteiger partial charge >= 0.3 is 0 Å². The molecule has 130 valence electrons. The van der Waals surface area contributed by atoms with Gasteiger partial charge in [0, 0.05) is 6.04 Å². The third kappa shape index (κ3) is 3.07. The molecule has 2 aromatic heterocycles. The van der Waals surface area contributed by atoms with Crippen molar-refractivity contribution < 1.29 is 8.42 Å². The fraction of sp³-hybridized carbons (Fsp3) is 0.312. The zero-order valence-electron chi connectivity index (χ0n) is 13.5. The Morgan fingerprint density at radius 2 is 2.16 bits per heavy atom. The summed E-state index contributed by atoms with van der Waals surface area (Å²) in [7, 11) is -2.96. The summed E-state index contributed by atoms with van der Waals surface area (Å²) < 4.78 is 25.0. The molecule has 9 heteroatoms. The number of halogens is 1. The molecule has 0 bridgehead atoms. The van der Waals surface area contributed by atoms with Crippen LogP contribution in [0.2, 0.25) is 5.02 Å². The van der Waals surface area contributed by atoms with Gasteiger partial charge in [0.1, 0.15) is 12.1 Å². The first kappa shape index (κ1) is 16.3. The maximum absolute atomic E-state index is 11.6. The fourth-order valence-corrected chi connectivity index (χ4v) is 4.89. The summed E-state index contributed by atoms with van der Waals surface area (Å²) in [6.07, 6.45) is 3.68. The Bertz CT molecular complexity index is 1060. The molecule has 3 aromatic rings. The van der Waals surface area contributed by atoms with Crippen LogP contribution >= 0.6 is 11.6 Å². The van der Waals surface area contributed by atoms with Crippen molar-refractivity contribution in [1.82, 2.24) is 19.7 Å². The molecular weight excluding hydrogens is 362 g/mol. The van der Waals surface area contributed by atoms with Crippen molar-refractivity contribution in [2.45, 2.75) is 19.4 Å². The summed E-state index contributed by atoms with van der Waals surface area (Å²) in [6, 6.07) is 5.55. The monoisotopic (exact) mass is 377 g/mol. The number of fused-ring (bicyclic) bond motifs is 1. The molecule has 1 atom stereocenters. The van der Waals surface area contributed by atoms with E-state index in [-0.39, 0.29) is 17.5 Å². The van der Waals surface area contributed by atoms with Gasteiger partial charge < -0.3 is 5.32 Å². The second-order valence-electron chi connectivity index (χ2n) is 6.22. The topological polar surface area (TPSA) is 89.8 Å². The molecular formula is C16H16ClN5O2S. The van der Waals surface area contributed by atoms with Crippen molar-refractivity contribution in [3.8, 4) is 5.69 Å². The van der Waals surface area contributed by atoms with Crippen LogP contribution in [-0.4, -0.2) is 45.7 Å². The Morgan fingerprint density at radius 3 is 2.92 bits per heavy atom. The Hall–Kier alpha value is -2.19. The number of aryl methyl sites for hydroxylation is 1. The third-order valence-corrected chi connectivity index (χ3v) is 6.36. The highest BCUT2D eigenvalue weighted by molar-refractivity contribution is 7.91. The molecule has 0 aliphatic carbocycles. The number of benzene rings is 1. The van der Waals surface area contributed by atoms with Crippen LogP contribution < -0.4 is 5.32 Å². The van der Waals surface area contributed by atoms with Crippen molar-refractivity contribution in [3.63, 3.8) is 0 Å². The Balaban J connectivity index is 1.75. The first-order chi connectivity index (χ1) is 11.9. The normalized spacial score (nSPS) is 19.4. The Morgan fingerprint density at radius 1 is 1.32 bits per heavy atom. The van der Waals surface area contributed by atoms with Crippen LogP contribution in [-0.2, 0) is 9.84 Å². The quantitative estimate of drug-likeness (QED) is 0.753. The first-order valence-electron chi connectivity index (χ1n) is 7.85. The molecule has 1 fully saturated rings. The lowest BCUT2D eigenvalue weighted by Gasteiger charge is -2.12.